The van der Waals surface area contributed by atoms with E-state index in [0.717, 1.165) is 11.3 Å². The summed E-state index contributed by atoms with van der Waals surface area (Å²) in [4.78, 5) is 4.45. The van der Waals surface area contributed by atoms with Crippen molar-refractivity contribution in [2.45, 2.75) is 6.92 Å². The number of ether oxygens (including phenoxy) is 2. The number of azo groups is 1. The van der Waals surface area contributed by atoms with E-state index < -0.39 is 0 Å². The fourth-order valence-corrected chi connectivity index (χ4v) is 2.48. The SMILES string of the molecule is COc1cc(N=Nc2c(C)nc3ccccn23)c(OC)cc1Cl. The molecule has 3 rings (SSSR count). The molecule has 23 heavy (non-hydrogen) atoms. The van der Waals surface area contributed by atoms with E-state index in [-0.39, 0.29) is 0 Å². The van der Waals surface area contributed by atoms with Crippen molar-refractivity contribution in [3.05, 3.63) is 47.2 Å². The highest BCUT2D eigenvalue weighted by Gasteiger charge is 2.11. The van der Waals surface area contributed by atoms with Gasteiger partial charge in [0, 0.05) is 18.3 Å². The molecule has 0 aliphatic carbocycles. The first-order valence-corrected chi connectivity index (χ1v) is 7.28. The van der Waals surface area contributed by atoms with Crippen LogP contribution in [0.4, 0.5) is 11.5 Å². The molecule has 0 N–H and O–H groups in total. The van der Waals surface area contributed by atoms with Gasteiger partial charge in [0.25, 0.3) is 0 Å². The monoisotopic (exact) mass is 330 g/mol. The lowest BCUT2D eigenvalue weighted by atomic mass is 10.3. The molecule has 0 saturated carbocycles. The number of halogens is 1. The minimum Gasteiger partial charge on any atom is -0.495 e. The molecule has 2 aromatic heterocycles. The Hall–Kier alpha value is -2.60. The minimum atomic E-state index is 0.453. The molecule has 2 heterocycles. The van der Waals surface area contributed by atoms with Gasteiger partial charge < -0.3 is 9.47 Å². The van der Waals surface area contributed by atoms with Crippen LogP contribution >= 0.6 is 11.6 Å². The van der Waals surface area contributed by atoms with Crippen LogP contribution in [0.5, 0.6) is 11.5 Å². The predicted octanol–water partition coefficient (Wildman–Crippen LogP) is 4.73. The van der Waals surface area contributed by atoms with Crippen LogP contribution in [0.1, 0.15) is 5.69 Å². The predicted molar refractivity (Wildman–Crippen MR) is 88.7 cm³/mol. The van der Waals surface area contributed by atoms with Gasteiger partial charge >= 0.3 is 0 Å². The highest BCUT2D eigenvalue weighted by molar-refractivity contribution is 6.32. The molecule has 0 saturated heterocycles. The topological polar surface area (TPSA) is 60.5 Å². The van der Waals surface area contributed by atoms with Crippen molar-refractivity contribution in [3.8, 4) is 11.5 Å². The molecular weight excluding hydrogens is 316 g/mol. The average Bonchev–Trinajstić information content (AvgIpc) is 2.88. The summed E-state index contributed by atoms with van der Waals surface area (Å²) < 4.78 is 12.4. The molecule has 0 amide bonds. The van der Waals surface area contributed by atoms with Crippen LogP contribution in [0.15, 0.2) is 46.8 Å². The summed E-state index contributed by atoms with van der Waals surface area (Å²) in [6, 6.07) is 9.09. The summed E-state index contributed by atoms with van der Waals surface area (Å²) in [5, 5.41) is 9.06. The number of rotatable bonds is 4. The second-order valence-corrected chi connectivity index (χ2v) is 5.22. The molecule has 0 atom stereocenters. The summed E-state index contributed by atoms with van der Waals surface area (Å²) in [7, 11) is 3.10. The maximum atomic E-state index is 6.09. The third kappa shape index (κ3) is 2.85. The zero-order chi connectivity index (χ0) is 16.4. The molecule has 0 unspecified atom stereocenters. The van der Waals surface area contributed by atoms with Gasteiger partial charge in [0.2, 0.25) is 0 Å². The summed E-state index contributed by atoms with van der Waals surface area (Å²) in [5.74, 6) is 1.69. The Morgan fingerprint density at radius 1 is 1.09 bits per heavy atom. The Labute approximate surface area is 138 Å². The van der Waals surface area contributed by atoms with Gasteiger partial charge in [-0.3, -0.25) is 4.40 Å². The van der Waals surface area contributed by atoms with E-state index in [9.17, 15) is 0 Å². The smallest absolute Gasteiger partial charge is 0.182 e. The van der Waals surface area contributed by atoms with Crippen molar-refractivity contribution in [2.75, 3.05) is 14.2 Å². The largest absolute Gasteiger partial charge is 0.495 e. The fraction of sp³-hybridized carbons (Fsp3) is 0.188. The third-order valence-electron chi connectivity index (χ3n) is 3.38. The molecule has 0 radical (unpaired) electrons. The maximum Gasteiger partial charge on any atom is 0.182 e. The van der Waals surface area contributed by atoms with Crippen molar-refractivity contribution < 1.29 is 9.47 Å². The van der Waals surface area contributed by atoms with Crippen LogP contribution in [0.3, 0.4) is 0 Å². The van der Waals surface area contributed by atoms with Crippen LogP contribution in [-0.4, -0.2) is 23.6 Å². The van der Waals surface area contributed by atoms with Gasteiger partial charge in [0.05, 0.1) is 24.9 Å². The molecule has 118 valence electrons. The quantitative estimate of drug-likeness (QED) is 0.650. The first kappa shape index (κ1) is 15.3. The van der Waals surface area contributed by atoms with E-state index in [1.54, 1.807) is 26.4 Å². The Morgan fingerprint density at radius 2 is 1.87 bits per heavy atom. The van der Waals surface area contributed by atoms with Gasteiger partial charge in [0.1, 0.15) is 22.8 Å². The van der Waals surface area contributed by atoms with Crippen LogP contribution in [0.2, 0.25) is 5.02 Å². The highest BCUT2D eigenvalue weighted by atomic mass is 35.5. The van der Waals surface area contributed by atoms with Crippen molar-refractivity contribution in [2.24, 2.45) is 10.2 Å². The number of hydrogen-bond donors (Lipinski definition) is 0. The van der Waals surface area contributed by atoms with Crippen LogP contribution in [-0.2, 0) is 0 Å². The number of imidazole rings is 1. The second kappa shape index (κ2) is 6.26. The molecule has 7 heteroatoms. The summed E-state index contributed by atoms with van der Waals surface area (Å²) in [5.41, 5.74) is 2.14. The molecule has 0 aliphatic heterocycles. The Bertz CT molecular complexity index is 889. The molecule has 0 spiro atoms. The van der Waals surface area contributed by atoms with Gasteiger partial charge in [-0.2, -0.15) is 0 Å². The summed E-state index contributed by atoms with van der Waals surface area (Å²) in [6.07, 6.45) is 1.89. The standard InChI is InChI=1S/C16H15ClN4O2/c1-10-16(21-7-5-4-6-15(21)18-10)20-19-12-9-13(22-2)11(17)8-14(12)23-3/h4-9H,1-3H3. The van der Waals surface area contributed by atoms with E-state index in [0.29, 0.717) is 28.0 Å². The number of hydrogen-bond acceptors (Lipinski definition) is 5. The van der Waals surface area contributed by atoms with Crippen LogP contribution in [0.25, 0.3) is 5.65 Å². The van der Waals surface area contributed by atoms with E-state index in [4.69, 9.17) is 21.1 Å². The lowest BCUT2D eigenvalue weighted by Crippen LogP contribution is -1.88. The summed E-state index contributed by atoms with van der Waals surface area (Å²) in [6.45, 7) is 1.89. The Kier molecular flexibility index (Phi) is 4.16. The van der Waals surface area contributed by atoms with Gasteiger partial charge in [-0.1, -0.05) is 17.7 Å². The average molecular weight is 331 g/mol. The van der Waals surface area contributed by atoms with Crippen LogP contribution < -0.4 is 9.47 Å². The number of aromatic nitrogens is 2. The van der Waals surface area contributed by atoms with Gasteiger partial charge in [0.15, 0.2) is 5.82 Å². The zero-order valence-corrected chi connectivity index (χ0v) is 13.7. The number of aryl methyl sites for hydroxylation is 1. The fourth-order valence-electron chi connectivity index (χ4n) is 2.24. The number of benzene rings is 1. The lowest BCUT2D eigenvalue weighted by molar-refractivity contribution is 0.404. The first-order valence-electron chi connectivity index (χ1n) is 6.91. The maximum absolute atomic E-state index is 6.09. The molecular formula is C16H15ClN4O2. The third-order valence-corrected chi connectivity index (χ3v) is 3.67. The second-order valence-electron chi connectivity index (χ2n) is 4.81. The zero-order valence-electron chi connectivity index (χ0n) is 12.9. The van der Waals surface area contributed by atoms with Crippen LogP contribution in [0, 0.1) is 6.92 Å². The van der Waals surface area contributed by atoms with Crippen molar-refractivity contribution >= 4 is 28.8 Å². The Balaban J connectivity index is 2.07. The normalized spacial score (nSPS) is 11.3. The number of fused-ring (bicyclic) bond motifs is 1. The molecule has 0 fully saturated rings. The van der Waals surface area contributed by atoms with Gasteiger partial charge in [-0.15, -0.1) is 10.2 Å². The van der Waals surface area contributed by atoms with Crippen molar-refractivity contribution in [3.63, 3.8) is 0 Å². The number of methoxy groups -OCH3 is 2. The van der Waals surface area contributed by atoms with E-state index in [1.165, 1.54) is 0 Å². The molecule has 0 bridgehead atoms. The Morgan fingerprint density at radius 3 is 2.61 bits per heavy atom. The van der Waals surface area contributed by atoms with Gasteiger partial charge in [-0.25, -0.2) is 4.98 Å². The van der Waals surface area contributed by atoms with Crippen molar-refractivity contribution in [1.82, 2.24) is 9.38 Å². The molecule has 6 nitrogen and oxygen atoms in total. The van der Waals surface area contributed by atoms with E-state index in [2.05, 4.69) is 15.2 Å². The number of pyridine rings is 1. The molecule has 1 aromatic carbocycles. The number of nitrogens with zero attached hydrogens (tertiary/aromatic N) is 4. The highest BCUT2D eigenvalue weighted by Crippen LogP contribution is 2.38. The summed E-state index contributed by atoms with van der Waals surface area (Å²) >= 11 is 6.09. The lowest BCUT2D eigenvalue weighted by Gasteiger charge is -2.08. The van der Waals surface area contributed by atoms with Crippen molar-refractivity contribution in [1.29, 1.82) is 0 Å². The van der Waals surface area contributed by atoms with Gasteiger partial charge in [-0.05, 0) is 19.1 Å². The first-order chi connectivity index (χ1) is 11.1. The minimum absolute atomic E-state index is 0.453. The van der Waals surface area contributed by atoms with E-state index >= 15 is 0 Å². The van der Waals surface area contributed by atoms with E-state index in [1.807, 2.05) is 35.7 Å². The molecule has 3 aromatic rings. The molecule has 0 aliphatic rings.